The Morgan fingerprint density at radius 3 is 2.68 bits per heavy atom. The Morgan fingerprint density at radius 2 is 2.04 bits per heavy atom. The Balaban J connectivity index is 1.30. The Labute approximate surface area is 149 Å². The van der Waals surface area contributed by atoms with E-state index in [0.717, 1.165) is 69.8 Å². The number of nitrogens with zero attached hydrogens (tertiary/aromatic N) is 1. The molecule has 1 unspecified atom stereocenters. The molecule has 5 nitrogen and oxygen atoms in total. The van der Waals surface area contributed by atoms with Crippen LogP contribution in [-0.2, 0) is 4.74 Å². The third-order valence-corrected chi connectivity index (χ3v) is 6.00. The van der Waals surface area contributed by atoms with Gasteiger partial charge < -0.3 is 19.7 Å². The fourth-order valence-corrected chi connectivity index (χ4v) is 4.25. The Morgan fingerprint density at radius 1 is 1.24 bits per heavy atom. The molecule has 3 fully saturated rings. The van der Waals surface area contributed by atoms with Gasteiger partial charge in [-0.3, -0.25) is 4.79 Å². The number of hydrogen-bond acceptors (Lipinski definition) is 4. The summed E-state index contributed by atoms with van der Waals surface area (Å²) in [6.07, 6.45) is 5.90. The normalized spacial score (nSPS) is 25.4. The predicted molar refractivity (Wildman–Crippen MR) is 96.0 cm³/mol. The van der Waals surface area contributed by atoms with Gasteiger partial charge in [-0.1, -0.05) is 0 Å². The molecule has 1 atom stereocenters. The van der Waals surface area contributed by atoms with Crippen LogP contribution in [0.25, 0.3) is 0 Å². The van der Waals surface area contributed by atoms with Crippen molar-refractivity contribution in [3.8, 4) is 5.75 Å². The summed E-state index contributed by atoms with van der Waals surface area (Å²) in [6, 6.07) is 7.56. The molecule has 1 aromatic carbocycles. The first kappa shape index (κ1) is 16.9. The zero-order valence-corrected chi connectivity index (χ0v) is 14.8. The molecule has 0 radical (unpaired) electrons. The molecule has 0 aliphatic carbocycles. The minimum absolute atomic E-state index is 0.145. The number of benzene rings is 1. The van der Waals surface area contributed by atoms with Crippen molar-refractivity contribution in [2.75, 3.05) is 39.4 Å². The van der Waals surface area contributed by atoms with E-state index in [1.807, 2.05) is 29.2 Å². The van der Waals surface area contributed by atoms with Crippen molar-refractivity contribution in [3.05, 3.63) is 29.8 Å². The monoisotopic (exact) mass is 344 g/mol. The first-order chi connectivity index (χ1) is 12.2. The van der Waals surface area contributed by atoms with Crippen molar-refractivity contribution in [2.24, 2.45) is 5.41 Å². The van der Waals surface area contributed by atoms with Gasteiger partial charge in [0.05, 0.1) is 6.10 Å². The van der Waals surface area contributed by atoms with Gasteiger partial charge in [-0.05, 0) is 68.3 Å². The molecule has 3 heterocycles. The molecular formula is C20H28N2O3. The summed E-state index contributed by atoms with van der Waals surface area (Å²) in [4.78, 5) is 14.7. The third-order valence-electron chi connectivity index (χ3n) is 6.00. The molecule has 0 aromatic heterocycles. The number of carbonyl (C=O) groups is 1. The van der Waals surface area contributed by atoms with Gasteiger partial charge in [0.1, 0.15) is 12.4 Å². The van der Waals surface area contributed by atoms with Crippen molar-refractivity contribution < 1.29 is 14.3 Å². The maximum Gasteiger partial charge on any atom is 0.253 e. The average molecular weight is 344 g/mol. The number of carbonyl (C=O) groups excluding carboxylic acids is 1. The van der Waals surface area contributed by atoms with Gasteiger partial charge in [-0.2, -0.15) is 0 Å². The zero-order chi connectivity index (χ0) is 17.1. The quantitative estimate of drug-likeness (QED) is 0.912. The molecule has 3 saturated heterocycles. The van der Waals surface area contributed by atoms with Crippen LogP contribution >= 0.6 is 0 Å². The fraction of sp³-hybridized carbons (Fsp3) is 0.650. The number of ether oxygens (including phenoxy) is 2. The first-order valence-corrected chi connectivity index (χ1v) is 9.59. The van der Waals surface area contributed by atoms with E-state index in [9.17, 15) is 4.79 Å². The van der Waals surface area contributed by atoms with Crippen molar-refractivity contribution in [2.45, 2.75) is 38.2 Å². The number of amides is 1. The standard InChI is InChI=1S/C20H28N2O3/c23-19(22-11-8-20(9-12-22)7-10-21-15-20)16-3-5-17(6-4-16)25-14-18-2-1-13-24-18/h3-6,18,21H,1-2,7-15H2. The highest BCUT2D eigenvalue weighted by Crippen LogP contribution is 2.37. The number of nitrogens with one attached hydrogen (secondary N) is 1. The molecule has 0 saturated carbocycles. The van der Waals surface area contributed by atoms with Gasteiger partial charge in [-0.25, -0.2) is 0 Å². The Bertz CT molecular complexity index is 579. The number of rotatable bonds is 4. The SMILES string of the molecule is O=C(c1ccc(OCC2CCCO2)cc1)N1CCC2(CCNC2)CC1. The largest absolute Gasteiger partial charge is 0.491 e. The van der Waals surface area contributed by atoms with Crippen LogP contribution < -0.4 is 10.1 Å². The minimum atomic E-state index is 0.145. The van der Waals surface area contributed by atoms with Gasteiger partial charge in [0.25, 0.3) is 5.91 Å². The van der Waals surface area contributed by atoms with E-state index in [1.165, 1.54) is 6.42 Å². The van der Waals surface area contributed by atoms with Crippen molar-refractivity contribution in [1.29, 1.82) is 0 Å². The van der Waals surface area contributed by atoms with Gasteiger partial charge in [0.15, 0.2) is 0 Å². The summed E-state index contributed by atoms with van der Waals surface area (Å²) in [7, 11) is 0. The molecule has 5 heteroatoms. The highest BCUT2D eigenvalue weighted by atomic mass is 16.5. The highest BCUT2D eigenvalue weighted by molar-refractivity contribution is 5.94. The second kappa shape index (κ2) is 7.34. The fourth-order valence-electron chi connectivity index (χ4n) is 4.25. The van der Waals surface area contributed by atoms with Crippen LogP contribution in [0.3, 0.4) is 0 Å². The van der Waals surface area contributed by atoms with Crippen LogP contribution in [-0.4, -0.2) is 56.3 Å². The first-order valence-electron chi connectivity index (χ1n) is 9.59. The smallest absolute Gasteiger partial charge is 0.253 e. The molecule has 4 rings (SSSR count). The summed E-state index contributed by atoms with van der Waals surface area (Å²) in [5.41, 5.74) is 1.20. The van der Waals surface area contributed by atoms with E-state index in [0.29, 0.717) is 12.0 Å². The highest BCUT2D eigenvalue weighted by Gasteiger charge is 2.38. The molecule has 136 valence electrons. The summed E-state index contributed by atoms with van der Waals surface area (Å²) in [5, 5.41) is 3.47. The second-order valence-corrected chi connectivity index (χ2v) is 7.69. The average Bonchev–Trinajstić information content (AvgIpc) is 3.33. The van der Waals surface area contributed by atoms with E-state index in [-0.39, 0.29) is 12.0 Å². The lowest BCUT2D eigenvalue weighted by molar-refractivity contribution is 0.0606. The molecule has 3 aliphatic heterocycles. The lowest BCUT2D eigenvalue weighted by atomic mass is 9.78. The van der Waals surface area contributed by atoms with Gasteiger partial charge in [-0.15, -0.1) is 0 Å². The summed E-state index contributed by atoms with van der Waals surface area (Å²) in [5.74, 6) is 0.952. The van der Waals surface area contributed by atoms with Gasteiger partial charge in [0.2, 0.25) is 0 Å². The van der Waals surface area contributed by atoms with E-state index < -0.39 is 0 Å². The van der Waals surface area contributed by atoms with E-state index in [1.54, 1.807) is 0 Å². The molecule has 1 amide bonds. The van der Waals surface area contributed by atoms with E-state index >= 15 is 0 Å². The second-order valence-electron chi connectivity index (χ2n) is 7.69. The van der Waals surface area contributed by atoms with Crippen LogP contribution in [0.1, 0.15) is 42.5 Å². The lowest BCUT2D eigenvalue weighted by Gasteiger charge is -2.38. The molecule has 0 bridgehead atoms. The zero-order valence-electron chi connectivity index (χ0n) is 14.8. The molecule has 1 aromatic rings. The number of hydrogen-bond donors (Lipinski definition) is 1. The number of piperidine rings is 1. The van der Waals surface area contributed by atoms with Gasteiger partial charge in [0, 0.05) is 31.8 Å². The summed E-state index contributed by atoms with van der Waals surface area (Å²) < 4.78 is 11.3. The minimum Gasteiger partial charge on any atom is -0.491 e. The molecule has 3 aliphatic rings. The molecular weight excluding hydrogens is 316 g/mol. The summed E-state index contributed by atoms with van der Waals surface area (Å²) >= 11 is 0. The van der Waals surface area contributed by atoms with Crippen molar-refractivity contribution in [3.63, 3.8) is 0 Å². The van der Waals surface area contributed by atoms with Crippen LogP contribution in [0.5, 0.6) is 5.75 Å². The van der Waals surface area contributed by atoms with E-state index in [2.05, 4.69) is 5.32 Å². The van der Waals surface area contributed by atoms with Gasteiger partial charge >= 0.3 is 0 Å². The van der Waals surface area contributed by atoms with Crippen LogP contribution in [0.2, 0.25) is 0 Å². The lowest BCUT2D eigenvalue weighted by Crippen LogP contribution is -2.44. The molecule has 25 heavy (non-hydrogen) atoms. The third kappa shape index (κ3) is 3.82. The predicted octanol–water partition coefficient (Wildman–Crippen LogP) is 2.46. The van der Waals surface area contributed by atoms with Crippen molar-refractivity contribution >= 4 is 5.91 Å². The van der Waals surface area contributed by atoms with Crippen LogP contribution in [0, 0.1) is 5.41 Å². The van der Waals surface area contributed by atoms with E-state index in [4.69, 9.17) is 9.47 Å². The van der Waals surface area contributed by atoms with Crippen LogP contribution in [0.4, 0.5) is 0 Å². The Hall–Kier alpha value is -1.59. The maximum absolute atomic E-state index is 12.7. The topological polar surface area (TPSA) is 50.8 Å². The molecule has 1 spiro atoms. The maximum atomic E-state index is 12.7. The number of likely N-dealkylation sites (tertiary alicyclic amines) is 1. The molecule has 1 N–H and O–H groups in total. The van der Waals surface area contributed by atoms with Crippen molar-refractivity contribution in [1.82, 2.24) is 10.2 Å². The Kier molecular flexibility index (Phi) is 4.95. The summed E-state index contributed by atoms with van der Waals surface area (Å²) in [6.45, 7) is 5.42. The van der Waals surface area contributed by atoms with Crippen LogP contribution in [0.15, 0.2) is 24.3 Å².